The number of rotatable bonds is 5. The number of benzene rings is 1. The van der Waals surface area contributed by atoms with Gasteiger partial charge in [0.05, 0.1) is 0 Å². The molecule has 1 aromatic heterocycles. The van der Waals surface area contributed by atoms with Gasteiger partial charge >= 0.3 is 0 Å². The average Bonchev–Trinajstić information content (AvgIpc) is 3.16. The molecule has 1 atom stereocenters. The van der Waals surface area contributed by atoms with E-state index in [-0.39, 0.29) is 11.5 Å². The molecule has 1 fully saturated rings. The van der Waals surface area contributed by atoms with Gasteiger partial charge in [0.2, 0.25) is 0 Å². The van der Waals surface area contributed by atoms with Crippen LogP contribution >= 0.6 is 0 Å². The first-order chi connectivity index (χ1) is 9.26. The average molecular weight is 257 g/mol. The summed E-state index contributed by atoms with van der Waals surface area (Å²) in [5.41, 5.74) is 4.50. The topological polar surface area (TPSA) is 68.8 Å². The van der Waals surface area contributed by atoms with Crippen LogP contribution in [0.2, 0.25) is 0 Å². The Morgan fingerprint density at radius 3 is 2.63 bits per heavy atom. The maximum absolute atomic E-state index is 5.80. The van der Waals surface area contributed by atoms with E-state index in [4.69, 9.17) is 5.84 Å². The van der Waals surface area contributed by atoms with Crippen LogP contribution in [-0.2, 0) is 18.9 Å². The second-order valence-electron chi connectivity index (χ2n) is 5.25. The van der Waals surface area contributed by atoms with E-state index < -0.39 is 0 Å². The summed E-state index contributed by atoms with van der Waals surface area (Å²) in [6, 6.07) is 10.8. The van der Waals surface area contributed by atoms with Gasteiger partial charge in [0.25, 0.3) is 0 Å². The summed E-state index contributed by atoms with van der Waals surface area (Å²) in [7, 11) is 1.91. The highest BCUT2D eigenvalue weighted by atomic mass is 15.3. The zero-order valence-electron chi connectivity index (χ0n) is 11.1. The lowest BCUT2D eigenvalue weighted by Crippen LogP contribution is -2.46. The lowest BCUT2D eigenvalue weighted by molar-refractivity contribution is 0.408. The molecule has 1 unspecified atom stereocenters. The first kappa shape index (κ1) is 12.3. The summed E-state index contributed by atoms with van der Waals surface area (Å²) in [4.78, 5) is 4.29. The van der Waals surface area contributed by atoms with Crippen molar-refractivity contribution in [1.82, 2.24) is 20.2 Å². The third-order valence-corrected chi connectivity index (χ3v) is 4.20. The zero-order valence-corrected chi connectivity index (χ0v) is 11.1. The van der Waals surface area contributed by atoms with Crippen molar-refractivity contribution in [2.75, 3.05) is 0 Å². The van der Waals surface area contributed by atoms with Crippen molar-refractivity contribution in [1.29, 1.82) is 0 Å². The maximum Gasteiger partial charge on any atom is 0.138 e. The van der Waals surface area contributed by atoms with Crippen LogP contribution in [0.1, 0.15) is 24.2 Å². The Balaban J connectivity index is 1.85. The molecule has 1 aliphatic carbocycles. The van der Waals surface area contributed by atoms with Gasteiger partial charge in [-0.2, -0.15) is 5.10 Å². The highest BCUT2D eigenvalue weighted by molar-refractivity contribution is 5.34. The fraction of sp³-hybridized carbons (Fsp3) is 0.429. The number of hydrogen-bond acceptors (Lipinski definition) is 4. The quantitative estimate of drug-likeness (QED) is 0.617. The Bertz CT molecular complexity index is 544. The van der Waals surface area contributed by atoms with Crippen molar-refractivity contribution in [3.63, 3.8) is 0 Å². The van der Waals surface area contributed by atoms with E-state index in [0.717, 1.165) is 12.2 Å². The second kappa shape index (κ2) is 4.75. The number of aryl methyl sites for hydroxylation is 1. The molecule has 100 valence electrons. The number of nitrogens with two attached hydrogens (primary N) is 1. The van der Waals surface area contributed by atoms with Crippen LogP contribution in [-0.4, -0.2) is 20.8 Å². The second-order valence-corrected chi connectivity index (χ2v) is 5.25. The van der Waals surface area contributed by atoms with Gasteiger partial charge in [-0.15, -0.1) is 0 Å². The summed E-state index contributed by atoms with van der Waals surface area (Å²) in [6.07, 6.45) is 4.72. The molecule has 0 spiro atoms. The minimum atomic E-state index is 0.155. The Hall–Kier alpha value is -1.72. The van der Waals surface area contributed by atoms with E-state index in [9.17, 15) is 0 Å². The van der Waals surface area contributed by atoms with Gasteiger partial charge < -0.3 is 0 Å². The van der Waals surface area contributed by atoms with E-state index in [1.807, 2.05) is 17.8 Å². The van der Waals surface area contributed by atoms with Crippen LogP contribution in [0.5, 0.6) is 0 Å². The van der Waals surface area contributed by atoms with Crippen LogP contribution < -0.4 is 11.3 Å². The van der Waals surface area contributed by atoms with Crippen molar-refractivity contribution in [2.24, 2.45) is 12.9 Å². The largest absolute Gasteiger partial charge is 0.271 e. The highest BCUT2D eigenvalue weighted by Gasteiger charge is 2.50. The van der Waals surface area contributed by atoms with Gasteiger partial charge in [0.1, 0.15) is 12.2 Å². The van der Waals surface area contributed by atoms with Gasteiger partial charge in [-0.05, 0) is 18.4 Å². The van der Waals surface area contributed by atoms with Crippen molar-refractivity contribution >= 4 is 0 Å². The van der Waals surface area contributed by atoms with E-state index in [2.05, 4.69) is 39.8 Å². The number of hydrogen-bond donors (Lipinski definition) is 2. The van der Waals surface area contributed by atoms with Gasteiger partial charge in [0.15, 0.2) is 0 Å². The predicted molar refractivity (Wildman–Crippen MR) is 73.2 cm³/mol. The summed E-state index contributed by atoms with van der Waals surface area (Å²) in [6.45, 7) is 0. The lowest BCUT2D eigenvalue weighted by atomic mass is 9.86. The van der Waals surface area contributed by atoms with Crippen LogP contribution in [0.3, 0.4) is 0 Å². The molecule has 1 aliphatic rings. The summed E-state index contributed by atoms with van der Waals surface area (Å²) < 4.78 is 1.81. The monoisotopic (exact) mass is 257 g/mol. The predicted octanol–water partition coefficient (Wildman–Crippen LogP) is 0.921. The standard InChI is InChI=1S/C14H19N5/c1-19-13(16-10-17-19)9-12(18-15)14(7-8-14)11-5-3-2-4-6-11/h2-6,10,12,18H,7-9,15H2,1H3. The van der Waals surface area contributed by atoms with Crippen molar-refractivity contribution in [2.45, 2.75) is 30.7 Å². The molecule has 0 saturated heterocycles. The fourth-order valence-electron chi connectivity index (χ4n) is 2.84. The van der Waals surface area contributed by atoms with Crippen LogP contribution in [0.15, 0.2) is 36.7 Å². The number of hydrazine groups is 1. The number of aromatic nitrogens is 3. The molecular weight excluding hydrogens is 238 g/mol. The van der Waals surface area contributed by atoms with Gasteiger partial charge in [0, 0.05) is 24.9 Å². The van der Waals surface area contributed by atoms with Gasteiger partial charge in [-0.3, -0.25) is 16.0 Å². The molecule has 3 N–H and O–H groups in total. The molecule has 0 amide bonds. The first-order valence-corrected chi connectivity index (χ1v) is 6.61. The molecule has 1 aromatic carbocycles. The van der Waals surface area contributed by atoms with Crippen LogP contribution in [0, 0.1) is 0 Å². The molecule has 1 saturated carbocycles. The Morgan fingerprint density at radius 1 is 1.37 bits per heavy atom. The SMILES string of the molecule is Cn1ncnc1CC(NN)C1(c2ccccc2)CC1. The normalized spacial score (nSPS) is 18.2. The summed E-state index contributed by atoms with van der Waals surface area (Å²) in [5, 5.41) is 4.12. The van der Waals surface area contributed by atoms with E-state index in [1.54, 1.807) is 6.33 Å². The third-order valence-electron chi connectivity index (χ3n) is 4.20. The third kappa shape index (κ3) is 2.15. The smallest absolute Gasteiger partial charge is 0.138 e. The Kier molecular flexibility index (Phi) is 3.08. The molecule has 0 radical (unpaired) electrons. The molecule has 0 aliphatic heterocycles. The molecular formula is C14H19N5. The summed E-state index contributed by atoms with van der Waals surface area (Å²) >= 11 is 0. The van der Waals surface area contributed by atoms with Crippen molar-refractivity contribution in [3.8, 4) is 0 Å². The minimum Gasteiger partial charge on any atom is -0.271 e. The van der Waals surface area contributed by atoms with Crippen LogP contribution in [0.4, 0.5) is 0 Å². The van der Waals surface area contributed by atoms with Gasteiger partial charge in [-0.1, -0.05) is 30.3 Å². The van der Waals surface area contributed by atoms with Gasteiger partial charge in [-0.25, -0.2) is 4.98 Å². The maximum atomic E-state index is 5.80. The van der Waals surface area contributed by atoms with Crippen molar-refractivity contribution < 1.29 is 0 Å². The van der Waals surface area contributed by atoms with E-state index in [0.29, 0.717) is 0 Å². The molecule has 5 nitrogen and oxygen atoms in total. The van der Waals surface area contributed by atoms with E-state index >= 15 is 0 Å². The summed E-state index contributed by atoms with van der Waals surface area (Å²) in [5.74, 6) is 6.76. The molecule has 1 heterocycles. The molecule has 0 bridgehead atoms. The highest BCUT2D eigenvalue weighted by Crippen LogP contribution is 2.51. The fourth-order valence-corrected chi connectivity index (χ4v) is 2.84. The van der Waals surface area contributed by atoms with Crippen LogP contribution in [0.25, 0.3) is 0 Å². The van der Waals surface area contributed by atoms with E-state index in [1.165, 1.54) is 18.4 Å². The Labute approximate surface area is 112 Å². The van der Waals surface area contributed by atoms with Crippen molar-refractivity contribution in [3.05, 3.63) is 48.0 Å². The molecule has 19 heavy (non-hydrogen) atoms. The first-order valence-electron chi connectivity index (χ1n) is 6.61. The zero-order chi connectivity index (χ0) is 13.3. The number of nitrogens with one attached hydrogen (secondary N) is 1. The number of nitrogens with zero attached hydrogens (tertiary/aromatic N) is 3. The lowest BCUT2D eigenvalue weighted by Gasteiger charge is -2.26. The molecule has 3 rings (SSSR count). The molecule has 5 heteroatoms. The Morgan fingerprint density at radius 2 is 2.11 bits per heavy atom. The minimum absolute atomic E-state index is 0.155. The molecule has 2 aromatic rings.